The van der Waals surface area contributed by atoms with Gasteiger partial charge in [-0.15, -0.1) is 10.2 Å². The lowest BCUT2D eigenvalue weighted by molar-refractivity contribution is -0.119. The van der Waals surface area contributed by atoms with E-state index in [1.165, 1.54) is 23.9 Å². The fourth-order valence-corrected chi connectivity index (χ4v) is 4.32. The largest absolute Gasteiger partial charge is 0.378 e. The number of nitrogens with one attached hydrogen (secondary N) is 1. The van der Waals surface area contributed by atoms with Crippen molar-refractivity contribution < 1.29 is 13.9 Å². The first-order chi connectivity index (χ1) is 15.5. The minimum atomic E-state index is -0.297. The van der Waals surface area contributed by atoms with Crippen molar-refractivity contribution >= 4 is 23.6 Å². The van der Waals surface area contributed by atoms with Crippen molar-refractivity contribution in [2.45, 2.75) is 25.0 Å². The molecule has 32 heavy (non-hydrogen) atoms. The molecule has 1 aliphatic heterocycles. The van der Waals surface area contributed by atoms with Gasteiger partial charge in [-0.1, -0.05) is 36.0 Å². The molecule has 0 bridgehead atoms. The Kier molecular flexibility index (Phi) is 7.06. The van der Waals surface area contributed by atoms with E-state index in [-0.39, 0.29) is 23.5 Å². The lowest BCUT2D eigenvalue weighted by Crippen LogP contribution is -2.37. The molecule has 7 nitrogen and oxygen atoms in total. The van der Waals surface area contributed by atoms with Crippen LogP contribution in [0.5, 0.6) is 0 Å². The summed E-state index contributed by atoms with van der Waals surface area (Å²) in [6.45, 7) is 6.69. The maximum atomic E-state index is 13.1. The molecule has 1 atom stereocenters. The first-order valence-electron chi connectivity index (χ1n) is 10.5. The van der Waals surface area contributed by atoms with Crippen LogP contribution in [-0.2, 0) is 9.53 Å². The monoisotopic (exact) mass is 455 g/mol. The number of benzene rings is 2. The first-order valence-corrected chi connectivity index (χ1v) is 11.5. The molecule has 0 aliphatic carbocycles. The lowest BCUT2D eigenvalue weighted by atomic mass is 10.1. The zero-order chi connectivity index (χ0) is 22.5. The molecule has 3 aromatic rings. The summed E-state index contributed by atoms with van der Waals surface area (Å²) in [5, 5.41) is 12.4. The average Bonchev–Trinajstić information content (AvgIpc) is 3.23. The van der Waals surface area contributed by atoms with Crippen molar-refractivity contribution in [2.75, 3.05) is 37.0 Å². The number of rotatable bonds is 7. The fraction of sp³-hybridized carbons (Fsp3) is 0.348. The number of aryl methyl sites for hydroxylation is 1. The van der Waals surface area contributed by atoms with E-state index < -0.39 is 0 Å². The van der Waals surface area contributed by atoms with Crippen LogP contribution in [0.15, 0.2) is 53.7 Å². The Hall–Kier alpha value is -2.91. The van der Waals surface area contributed by atoms with Gasteiger partial charge in [0.1, 0.15) is 5.82 Å². The molecule has 2 heterocycles. The highest BCUT2D eigenvalue weighted by Gasteiger charge is 2.22. The van der Waals surface area contributed by atoms with Crippen LogP contribution in [0.1, 0.15) is 24.1 Å². The van der Waals surface area contributed by atoms with Crippen LogP contribution in [-0.4, -0.2) is 52.7 Å². The third kappa shape index (κ3) is 5.28. The number of thioether (sulfide) groups is 1. The molecule has 1 aliphatic rings. The minimum absolute atomic E-state index is 0.126. The second-order valence-corrected chi connectivity index (χ2v) is 8.63. The molecule has 4 rings (SSSR count). The number of anilines is 1. The summed E-state index contributed by atoms with van der Waals surface area (Å²) in [5.41, 5.74) is 2.94. The molecular weight excluding hydrogens is 429 g/mol. The van der Waals surface area contributed by atoms with Gasteiger partial charge in [-0.3, -0.25) is 9.36 Å². The number of carbonyl (C=O) groups excluding carboxylic acids is 1. The summed E-state index contributed by atoms with van der Waals surface area (Å²) in [6.07, 6.45) is 0. The molecule has 0 saturated carbocycles. The van der Waals surface area contributed by atoms with Crippen LogP contribution in [0.25, 0.3) is 5.69 Å². The third-order valence-corrected chi connectivity index (χ3v) is 6.18. The van der Waals surface area contributed by atoms with Gasteiger partial charge in [0.2, 0.25) is 11.9 Å². The highest BCUT2D eigenvalue weighted by molar-refractivity contribution is 7.99. The van der Waals surface area contributed by atoms with Gasteiger partial charge in [0.05, 0.1) is 30.7 Å². The van der Waals surface area contributed by atoms with E-state index >= 15 is 0 Å². The quantitative estimate of drug-likeness (QED) is 0.550. The predicted octanol–water partition coefficient (Wildman–Crippen LogP) is 3.52. The number of ether oxygens (including phenoxy) is 1. The van der Waals surface area contributed by atoms with Gasteiger partial charge in [0, 0.05) is 13.1 Å². The molecule has 1 saturated heterocycles. The SMILES string of the molecule is Cc1cccc(-n2c(SCC(=O)NC(C)c3ccc(F)cc3)nnc2N2CCOCC2)c1. The maximum Gasteiger partial charge on any atom is 0.232 e. The number of carbonyl (C=O) groups is 1. The Balaban J connectivity index is 1.49. The molecule has 1 N–H and O–H groups in total. The highest BCUT2D eigenvalue weighted by atomic mass is 32.2. The normalized spacial score (nSPS) is 14.9. The second-order valence-electron chi connectivity index (χ2n) is 7.69. The summed E-state index contributed by atoms with van der Waals surface area (Å²) in [7, 11) is 0. The summed E-state index contributed by atoms with van der Waals surface area (Å²) in [5.74, 6) is 0.521. The zero-order valence-corrected chi connectivity index (χ0v) is 18.9. The Bertz CT molecular complexity index is 1070. The molecule has 0 radical (unpaired) electrons. The molecule has 9 heteroatoms. The smallest absolute Gasteiger partial charge is 0.232 e. The number of morpholine rings is 1. The molecule has 0 spiro atoms. The zero-order valence-electron chi connectivity index (χ0n) is 18.1. The highest BCUT2D eigenvalue weighted by Crippen LogP contribution is 2.27. The van der Waals surface area contributed by atoms with Gasteiger partial charge in [0.15, 0.2) is 5.16 Å². The van der Waals surface area contributed by atoms with Gasteiger partial charge in [-0.25, -0.2) is 4.39 Å². The van der Waals surface area contributed by atoms with E-state index in [9.17, 15) is 9.18 Å². The van der Waals surface area contributed by atoms with Crippen LogP contribution >= 0.6 is 11.8 Å². The van der Waals surface area contributed by atoms with Crippen LogP contribution in [0.3, 0.4) is 0 Å². The second kappa shape index (κ2) is 10.1. The molecule has 2 aromatic carbocycles. The van der Waals surface area contributed by atoms with Crippen molar-refractivity contribution in [3.8, 4) is 5.69 Å². The van der Waals surface area contributed by atoms with E-state index in [4.69, 9.17) is 4.74 Å². The number of nitrogens with zero attached hydrogens (tertiary/aromatic N) is 4. The average molecular weight is 456 g/mol. The van der Waals surface area contributed by atoms with E-state index in [0.29, 0.717) is 18.4 Å². The van der Waals surface area contributed by atoms with Gasteiger partial charge < -0.3 is 15.0 Å². The lowest BCUT2D eigenvalue weighted by Gasteiger charge is -2.28. The number of hydrogen-bond donors (Lipinski definition) is 1. The Morgan fingerprint density at radius 1 is 1.19 bits per heavy atom. The summed E-state index contributed by atoms with van der Waals surface area (Å²) in [4.78, 5) is 14.7. The Morgan fingerprint density at radius 2 is 1.94 bits per heavy atom. The summed E-state index contributed by atoms with van der Waals surface area (Å²) < 4.78 is 20.6. The van der Waals surface area contributed by atoms with Gasteiger partial charge in [-0.2, -0.15) is 0 Å². The molecular formula is C23H26FN5O2S. The Morgan fingerprint density at radius 3 is 2.66 bits per heavy atom. The number of aromatic nitrogens is 3. The van der Waals surface area contributed by atoms with Crippen LogP contribution < -0.4 is 10.2 Å². The van der Waals surface area contributed by atoms with Crippen molar-refractivity contribution in [3.05, 3.63) is 65.5 Å². The number of amides is 1. The van der Waals surface area contributed by atoms with E-state index in [2.05, 4.69) is 26.5 Å². The molecule has 1 amide bonds. The number of hydrogen-bond acceptors (Lipinski definition) is 6. The van der Waals surface area contributed by atoms with Crippen LogP contribution in [0.4, 0.5) is 10.3 Å². The third-order valence-electron chi connectivity index (χ3n) is 5.25. The Labute approximate surface area is 191 Å². The first kappa shape index (κ1) is 22.3. The standard InChI is InChI=1S/C23H26FN5O2S/c1-16-4-3-5-20(14-16)29-22(28-10-12-31-13-11-28)26-27-23(29)32-15-21(30)25-17(2)18-6-8-19(24)9-7-18/h3-9,14,17H,10-13,15H2,1-2H3,(H,25,30). The molecule has 168 valence electrons. The topological polar surface area (TPSA) is 72.3 Å². The van der Waals surface area contributed by atoms with Crippen LogP contribution in [0, 0.1) is 12.7 Å². The van der Waals surface area contributed by atoms with Crippen LogP contribution in [0.2, 0.25) is 0 Å². The molecule has 1 fully saturated rings. The summed E-state index contributed by atoms with van der Waals surface area (Å²) >= 11 is 1.34. The predicted molar refractivity (Wildman–Crippen MR) is 123 cm³/mol. The fourth-order valence-electron chi connectivity index (χ4n) is 3.56. The van der Waals surface area contributed by atoms with Crippen molar-refractivity contribution in [2.24, 2.45) is 0 Å². The maximum absolute atomic E-state index is 13.1. The van der Waals surface area contributed by atoms with Gasteiger partial charge in [-0.05, 0) is 49.2 Å². The van der Waals surface area contributed by atoms with Gasteiger partial charge in [0.25, 0.3) is 0 Å². The van der Waals surface area contributed by atoms with E-state index in [0.717, 1.165) is 35.9 Å². The van der Waals surface area contributed by atoms with Crippen molar-refractivity contribution in [1.82, 2.24) is 20.1 Å². The van der Waals surface area contributed by atoms with Gasteiger partial charge >= 0.3 is 0 Å². The summed E-state index contributed by atoms with van der Waals surface area (Å²) in [6, 6.07) is 14.1. The van der Waals surface area contributed by atoms with Crippen molar-refractivity contribution in [1.29, 1.82) is 0 Å². The molecule has 1 aromatic heterocycles. The minimum Gasteiger partial charge on any atom is -0.378 e. The van der Waals surface area contributed by atoms with E-state index in [1.807, 2.05) is 36.6 Å². The van der Waals surface area contributed by atoms with Crippen molar-refractivity contribution in [3.63, 3.8) is 0 Å². The molecule has 1 unspecified atom stereocenters. The number of halogens is 1. The van der Waals surface area contributed by atoms with E-state index in [1.54, 1.807) is 12.1 Å².